The molecule has 6 heteroatoms. The lowest BCUT2D eigenvalue weighted by Gasteiger charge is -2.10. The van der Waals surface area contributed by atoms with Crippen LogP contribution in [0.2, 0.25) is 0 Å². The number of benzene rings is 3. The van der Waals surface area contributed by atoms with E-state index in [-0.39, 0.29) is 5.91 Å². The Bertz CT molecular complexity index is 1210. The van der Waals surface area contributed by atoms with Gasteiger partial charge in [0.1, 0.15) is 10.1 Å². The normalized spacial score (nSPS) is 15.1. The van der Waals surface area contributed by atoms with Crippen molar-refractivity contribution in [3.8, 4) is 5.75 Å². The van der Waals surface area contributed by atoms with Crippen molar-refractivity contribution >= 4 is 57.0 Å². The monoisotopic (exact) mass is 431 g/mol. The highest BCUT2D eigenvalue weighted by atomic mass is 32.2. The third-order valence-electron chi connectivity index (χ3n) is 4.56. The largest absolute Gasteiger partial charge is 0.423 e. The first-order chi connectivity index (χ1) is 14.6. The Kier molecular flexibility index (Phi) is 5.79. The fraction of sp³-hybridized carbons (Fsp3) is 0.0417. The van der Waals surface area contributed by atoms with Gasteiger partial charge in [-0.3, -0.25) is 9.69 Å². The molecule has 1 amide bonds. The molecular weight excluding hydrogens is 414 g/mol. The van der Waals surface area contributed by atoms with Gasteiger partial charge in [0.15, 0.2) is 0 Å². The molecule has 0 radical (unpaired) electrons. The molecule has 1 saturated heterocycles. The Morgan fingerprint density at radius 1 is 1.10 bits per heavy atom. The third-order valence-corrected chi connectivity index (χ3v) is 5.94. The number of fused-ring (bicyclic) bond motifs is 1. The van der Waals surface area contributed by atoms with Crippen molar-refractivity contribution < 1.29 is 14.3 Å². The quantitative estimate of drug-likeness (QED) is 0.177. The van der Waals surface area contributed by atoms with E-state index in [9.17, 15) is 9.59 Å². The van der Waals surface area contributed by atoms with Crippen LogP contribution in [-0.4, -0.2) is 27.6 Å². The SMILES string of the molecule is C=CCN1C(=O)/C(=C/c2cccc(OC(=O)c3cccc4ccccc34)c2)SC1=S. The highest BCUT2D eigenvalue weighted by Crippen LogP contribution is 2.33. The molecule has 1 fully saturated rings. The maximum Gasteiger partial charge on any atom is 0.344 e. The molecule has 0 aromatic heterocycles. The Morgan fingerprint density at radius 2 is 1.87 bits per heavy atom. The van der Waals surface area contributed by atoms with Gasteiger partial charge in [-0.15, -0.1) is 6.58 Å². The van der Waals surface area contributed by atoms with Crippen LogP contribution in [0.25, 0.3) is 16.8 Å². The molecule has 0 spiro atoms. The van der Waals surface area contributed by atoms with Gasteiger partial charge in [0.25, 0.3) is 5.91 Å². The van der Waals surface area contributed by atoms with Gasteiger partial charge in [0.2, 0.25) is 0 Å². The number of thiocarbonyl (C=S) groups is 1. The Labute approximate surface area is 183 Å². The standard InChI is InChI=1S/C24H17NO3S2/c1-2-13-25-22(26)21(30-24(25)29)15-16-7-5-10-18(14-16)28-23(27)20-12-6-9-17-8-3-4-11-19(17)20/h2-12,14-15H,1,13H2/b21-15-. The van der Waals surface area contributed by atoms with E-state index in [0.717, 1.165) is 16.3 Å². The van der Waals surface area contributed by atoms with Crippen LogP contribution in [0.1, 0.15) is 15.9 Å². The second-order valence-corrected chi connectivity index (χ2v) is 8.25. The summed E-state index contributed by atoms with van der Waals surface area (Å²) in [6, 6.07) is 20.3. The molecule has 148 valence electrons. The van der Waals surface area contributed by atoms with E-state index in [0.29, 0.717) is 27.1 Å². The van der Waals surface area contributed by atoms with E-state index in [2.05, 4.69) is 6.58 Å². The Morgan fingerprint density at radius 3 is 2.70 bits per heavy atom. The highest BCUT2D eigenvalue weighted by molar-refractivity contribution is 8.26. The van der Waals surface area contributed by atoms with Crippen molar-refractivity contribution in [2.45, 2.75) is 0 Å². The number of carbonyl (C=O) groups excluding carboxylic acids is 2. The number of amides is 1. The smallest absolute Gasteiger partial charge is 0.344 e. The van der Waals surface area contributed by atoms with E-state index in [1.807, 2.05) is 42.5 Å². The summed E-state index contributed by atoms with van der Waals surface area (Å²) >= 11 is 6.51. The van der Waals surface area contributed by atoms with Gasteiger partial charge < -0.3 is 4.74 Å². The van der Waals surface area contributed by atoms with Gasteiger partial charge in [0.05, 0.1) is 10.5 Å². The number of hydrogen-bond acceptors (Lipinski definition) is 5. The summed E-state index contributed by atoms with van der Waals surface area (Å²) in [5.41, 5.74) is 1.25. The summed E-state index contributed by atoms with van der Waals surface area (Å²) in [6.45, 7) is 4.03. The van der Waals surface area contributed by atoms with E-state index < -0.39 is 5.97 Å². The molecule has 3 aromatic carbocycles. The molecule has 1 aliphatic heterocycles. The van der Waals surface area contributed by atoms with Crippen LogP contribution in [0, 0.1) is 0 Å². The fourth-order valence-electron chi connectivity index (χ4n) is 3.17. The molecule has 0 atom stereocenters. The zero-order chi connectivity index (χ0) is 21.1. The number of carbonyl (C=O) groups is 2. The van der Waals surface area contributed by atoms with Crippen LogP contribution >= 0.6 is 24.0 Å². The van der Waals surface area contributed by atoms with Crippen LogP contribution in [0.15, 0.2) is 84.3 Å². The molecule has 3 aromatic rings. The lowest BCUT2D eigenvalue weighted by Crippen LogP contribution is -2.27. The number of ether oxygens (including phenoxy) is 1. The van der Waals surface area contributed by atoms with Crippen molar-refractivity contribution in [2.24, 2.45) is 0 Å². The lowest BCUT2D eigenvalue weighted by molar-refractivity contribution is -0.121. The van der Waals surface area contributed by atoms with Gasteiger partial charge in [-0.05, 0) is 40.6 Å². The number of rotatable bonds is 5. The van der Waals surface area contributed by atoms with Crippen molar-refractivity contribution in [3.63, 3.8) is 0 Å². The summed E-state index contributed by atoms with van der Waals surface area (Å²) in [7, 11) is 0. The first-order valence-electron chi connectivity index (χ1n) is 9.23. The van der Waals surface area contributed by atoms with Crippen molar-refractivity contribution in [3.05, 3.63) is 95.4 Å². The summed E-state index contributed by atoms with van der Waals surface area (Å²) in [5.74, 6) is -0.174. The van der Waals surface area contributed by atoms with E-state index in [4.69, 9.17) is 17.0 Å². The Hall–Kier alpha value is -3.22. The predicted molar refractivity (Wildman–Crippen MR) is 125 cm³/mol. The van der Waals surface area contributed by atoms with E-state index in [1.54, 1.807) is 36.4 Å². The van der Waals surface area contributed by atoms with Crippen LogP contribution in [0.5, 0.6) is 5.75 Å². The average molecular weight is 432 g/mol. The molecule has 0 saturated carbocycles. The minimum atomic E-state index is -0.429. The molecule has 4 nitrogen and oxygen atoms in total. The lowest BCUT2D eigenvalue weighted by atomic mass is 10.0. The predicted octanol–water partition coefficient (Wildman–Crippen LogP) is 5.45. The van der Waals surface area contributed by atoms with Gasteiger partial charge in [-0.1, -0.05) is 78.6 Å². The minimum absolute atomic E-state index is 0.150. The summed E-state index contributed by atoms with van der Waals surface area (Å²) in [5, 5.41) is 1.81. The first-order valence-corrected chi connectivity index (χ1v) is 10.5. The number of hydrogen-bond donors (Lipinski definition) is 0. The van der Waals surface area contributed by atoms with Crippen molar-refractivity contribution in [1.29, 1.82) is 0 Å². The van der Waals surface area contributed by atoms with Gasteiger partial charge >= 0.3 is 5.97 Å². The fourth-order valence-corrected chi connectivity index (χ4v) is 4.45. The van der Waals surface area contributed by atoms with Gasteiger partial charge in [-0.2, -0.15) is 0 Å². The molecule has 30 heavy (non-hydrogen) atoms. The minimum Gasteiger partial charge on any atom is -0.423 e. The zero-order valence-electron chi connectivity index (χ0n) is 15.9. The summed E-state index contributed by atoms with van der Waals surface area (Å²) < 4.78 is 6.12. The number of esters is 1. The van der Waals surface area contributed by atoms with E-state index >= 15 is 0 Å². The molecule has 0 N–H and O–H groups in total. The number of thioether (sulfide) groups is 1. The molecule has 1 aliphatic rings. The van der Waals surface area contributed by atoms with Gasteiger partial charge in [-0.25, -0.2) is 4.79 Å². The topological polar surface area (TPSA) is 46.6 Å². The Balaban J connectivity index is 1.57. The average Bonchev–Trinajstić information content (AvgIpc) is 3.01. The molecule has 0 bridgehead atoms. The second kappa shape index (κ2) is 8.65. The van der Waals surface area contributed by atoms with Gasteiger partial charge in [0, 0.05) is 6.54 Å². The maximum absolute atomic E-state index is 12.8. The van der Waals surface area contributed by atoms with Crippen LogP contribution in [0.4, 0.5) is 0 Å². The van der Waals surface area contributed by atoms with Crippen LogP contribution < -0.4 is 4.74 Å². The molecule has 0 aliphatic carbocycles. The molecule has 4 rings (SSSR count). The number of nitrogens with zero attached hydrogens (tertiary/aromatic N) is 1. The third kappa shape index (κ3) is 4.06. The molecule has 1 heterocycles. The van der Waals surface area contributed by atoms with Crippen LogP contribution in [0.3, 0.4) is 0 Å². The summed E-state index contributed by atoms with van der Waals surface area (Å²) in [4.78, 5) is 27.3. The van der Waals surface area contributed by atoms with E-state index in [1.165, 1.54) is 16.7 Å². The second-order valence-electron chi connectivity index (χ2n) is 6.57. The van der Waals surface area contributed by atoms with Crippen molar-refractivity contribution in [1.82, 2.24) is 4.90 Å². The first kappa shape index (κ1) is 20.1. The van der Waals surface area contributed by atoms with Crippen LogP contribution in [-0.2, 0) is 4.79 Å². The highest BCUT2D eigenvalue weighted by Gasteiger charge is 2.30. The zero-order valence-corrected chi connectivity index (χ0v) is 17.5. The molecule has 0 unspecified atom stereocenters. The summed E-state index contributed by atoms with van der Waals surface area (Å²) in [6.07, 6.45) is 3.39. The maximum atomic E-state index is 12.8. The molecular formula is C24H17NO3S2. The van der Waals surface area contributed by atoms with Crippen molar-refractivity contribution in [2.75, 3.05) is 6.54 Å².